The highest BCUT2D eigenvalue weighted by molar-refractivity contribution is 9.10. The molecular formula is C16H13BrFNOS. The van der Waals surface area contributed by atoms with Gasteiger partial charge in [0.1, 0.15) is 11.6 Å². The number of methoxy groups -OCH3 is 1. The van der Waals surface area contributed by atoms with Crippen molar-refractivity contribution in [1.29, 1.82) is 0 Å². The van der Waals surface area contributed by atoms with E-state index in [1.165, 1.54) is 17.9 Å². The lowest BCUT2D eigenvalue weighted by Crippen LogP contribution is -2.13. The van der Waals surface area contributed by atoms with Crippen LogP contribution in [0, 0.1) is 5.82 Å². The molecule has 0 saturated carbocycles. The molecule has 0 aliphatic heterocycles. The third kappa shape index (κ3) is 2.57. The molecule has 0 radical (unpaired) electrons. The lowest BCUT2D eigenvalue weighted by molar-refractivity contribution is 0.404. The Labute approximate surface area is 134 Å². The molecule has 0 spiro atoms. The molecule has 0 saturated heterocycles. The molecule has 1 heterocycles. The number of benzene rings is 2. The first kappa shape index (κ1) is 14.5. The second-order valence-electron chi connectivity index (χ2n) is 4.67. The first-order chi connectivity index (χ1) is 10.1. The number of fused-ring (bicyclic) bond motifs is 1. The van der Waals surface area contributed by atoms with E-state index in [-0.39, 0.29) is 11.9 Å². The summed E-state index contributed by atoms with van der Waals surface area (Å²) in [7, 11) is 1.52. The van der Waals surface area contributed by atoms with Crippen molar-refractivity contribution in [1.82, 2.24) is 0 Å². The van der Waals surface area contributed by atoms with Gasteiger partial charge in [0.2, 0.25) is 0 Å². The van der Waals surface area contributed by atoms with Gasteiger partial charge in [-0.25, -0.2) is 4.39 Å². The van der Waals surface area contributed by atoms with E-state index in [1.807, 2.05) is 23.6 Å². The smallest absolute Gasteiger partial charge is 0.141 e. The number of halogens is 2. The average molecular weight is 366 g/mol. The molecule has 2 nitrogen and oxygen atoms in total. The minimum Gasteiger partial charge on any atom is -0.496 e. The number of hydrogen-bond donors (Lipinski definition) is 1. The molecule has 1 aromatic heterocycles. The Morgan fingerprint density at radius 3 is 2.76 bits per heavy atom. The van der Waals surface area contributed by atoms with E-state index in [0.717, 1.165) is 16.5 Å². The van der Waals surface area contributed by atoms with E-state index < -0.39 is 0 Å². The second-order valence-corrected chi connectivity index (χ2v) is 6.44. The molecule has 21 heavy (non-hydrogen) atoms. The summed E-state index contributed by atoms with van der Waals surface area (Å²) in [5.74, 6) is 0.0939. The van der Waals surface area contributed by atoms with Gasteiger partial charge in [-0.3, -0.25) is 0 Å². The van der Waals surface area contributed by atoms with E-state index in [9.17, 15) is 4.39 Å². The van der Waals surface area contributed by atoms with Crippen molar-refractivity contribution in [3.8, 4) is 5.75 Å². The van der Waals surface area contributed by atoms with Gasteiger partial charge in [0, 0.05) is 16.3 Å². The number of thiophene rings is 1. The average Bonchev–Trinajstić information content (AvgIpc) is 2.92. The van der Waals surface area contributed by atoms with E-state index in [4.69, 9.17) is 10.5 Å². The predicted octanol–water partition coefficient (Wildman–Crippen LogP) is 4.86. The normalized spacial score (nSPS) is 12.6. The van der Waals surface area contributed by atoms with Gasteiger partial charge in [0.05, 0.1) is 17.6 Å². The topological polar surface area (TPSA) is 35.2 Å². The molecule has 0 amide bonds. The largest absolute Gasteiger partial charge is 0.496 e. The van der Waals surface area contributed by atoms with Crippen molar-refractivity contribution in [3.05, 3.63) is 63.2 Å². The highest BCUT2D eigenvalue weighted by Crippen LogP contribution is 2.37. The SMILES string of the molecule is COc1cc(F)c(Br)cc1C(N)c1csc2ccccc12. The third-order valence-electron chi connectivity index (χ3n) is 3.45. The van der Waals surface area contributed by atoms with Gasteiger partial charge in [0.15, 0.2) is 0 Å². The van der Waals surface area contributed by atoms with Crippen LogP contribution in [0.5, 0.6) is 5.75 Å². The van der Waals surface area contributed by atoms with Crippen molar-refractivity contribution in [2.45, 2.75) is 6.04 Å². The summed E-state index contributed by atoms with van der Waals surface area (Å²) in [6, 6.07) is 10.8. The molecule has 5 heteroatoms. The van der Waals surface area contributed by atoms with Crippen LogP contribution in [0.2, 0.25) is 0 Å². The highest BCUT2D eigenvalue weighted by Gasteiger charge is 2.19. The molecule has 3 aromatic rings. The Hall–Kier alpha value is -1.43. The lowest BCUT2D eigenvalue weighted by Gasteiger charge is -2.16. The van der Waals surface area contributed by atoms with Gasteiger partial charge in [0.25, 0.3) is 0 Å². The number of hydrogen-bond acceptors (Lipinski definition) is 3. The summed E-state index contributed by atoms with van der Waals surface area (Å²) in [5, 5.41) is 3.17. The lowest BCUT2D eigenvalue weighted by atomic mass is 9.98. The standard InChI is InChI=1S/C16H13BrFNOS/c1-20-14-7-13(18)12(17)6-10(14)16(19)11-8-21-15-5-3-2-4-9(11)15/h2-8,16H,19H2,1H3. The first-order valence-electron chi connectivity index (χ1n) is 6.36. The van der Waals surface area contributed by atoms with Crippen LogP contribution in [0.3, 0.4) is 0 Å². The van der Waals surface area contributed by atoms with Crippen molar-refractivity contribution in [2.75, 3.05) is 7.11 Å². The minimum absolute atomic E-state index is 0.363. The fraction of sp³-hybridized carbons (Fsp3) is 0.125. The maximum absolute atomic E-state index is 13.6. The molecule has 3 rings (SSSR count). The first-order valence-corrected chi connectivity index (χ1v) is 8.03. The molecule has 0 fully saturated rings. The molecule has 1 unspecified atom stereocenters. The van der Waals surface area contributed by atoms with Crippen molar-refractivity contribution < 1.29 is 9.13 Å². The summed E-state index contributed by atoms with van der Waals surface area (Å²) in [5.41, 5.74) is 8.18. The third-order valence-corrected chi connectivity index (χ3v) is 5.04. The van der Waals surface area contributed by atoms with E-state index >= 15 is 0 Å². The zero-order valence-corrected chi connectivity index (χ0v) is 13.7. The van der Waals surface area contributed by atoms with Crippen LogP contribution in [0.1, 0.15) is 17.2 Å². The van der Waals surface area contributed by atoms with Crippen molar-refractivity contribution in [3.63, 3.8) is 0 Å². The van der Waals surface area contributed by atoms with Crippen LogP contribution in [0.15, 0.2) is 46.3 Å². The molecule has 1 atom stereocenters. The monoisotopic (exact) mass is 365 g/mol. The van der Waals surface area contributed by atoms with Crippen LogP contribution in [0.25, 0.3) is 10.1 Å². The fourth-order valence-corrected chi connectivity index (χ4v) is 3.73. The maximum atomic E-state index is 13.6. The zero-order chi connectivity index (χ0) is 15.0. The van der Waals surface area contributed by atoms with E-state index in [2.05, 4.69) is 22.0 Å². The van der Waals surface area contributed by atoms with Gasteiger partial charge in [-0.05, 0) is 44.4 Å². The van der Waals surface area contributed by atoms with Crippen molar-refractivity contribution in [2.24, 2.45) is 5.73 Å². The van der Waals surface area contributed by atoms with Gasteiger partial charge in [-0.1, -0.05) is 18.2 Å². The summed E-state index contributed by atoms with van der Waals surface area (Å²) >= 11 is 4.86. The fourth-order valence-electron chi connectivity index (χ4n) is 2.37. The van der Waals surface area contributed by atoms with Gasteiger partial charge < -0.3 is 10.5 Å². The van der Waals surface area contributed by atoms with Crippen LogP contribution in [0.4, 0.5) is 4.39 Å². The minimum atomic E-state index is -0.368. The van der Waals surface area contributed by atoms with E-state index in [0.29, 0.717) is 10.2 Å². The maximum Gasteiger partial charge on any atom is 0.141 e. The van der Waals surface area contributed by atoms with Crippen LogP contribution < -0.4 is 10.5 Å². The number of rotatable bonds is 3. The van der Waals surface area contributed by atoms with Crippen LogP contribution >= 0.6 is 27.3 Å². The van der Waals surface area contributed by atoms with E-state index in [1.54, 1.807) is 17.4 Å². The number of nitrogens with two attached hydrogens (primary N) is 1. The summed E-state index contributed by atoms with van der Waals surface area (Å²) in [4.78, 5) is 0. The molecule has 0 aliphatic rings. The second kappa shape index (κ2) is 5.75. The van der Waals surface area contributed by atoms with Crippen LogP contribution in [-0.4, -0.2) is 7.11 Å². The molecule has 0 aliphatic carbocycles. The van der Waals surface area contributed by atoms with Crippen molar-refractivity contribution >= 4 is 37.4 Å². The number of ether oxygens (including phenoxy) is 1. The Balaban J connectivity index is 2.14. The Kier molecular flexibility index (Phi) is 3.97. The summed E-state index contributed by atoms with van der Waals surface area (Å²) in [6.45, 7) is 0. The van der Waals surface area contributed by atoms with Gasteiger partial charge in [-0.2, -0.15) is 0 Å². The van der Waals surface area contributed by atoms with Gasteiger partial charge in [-0.15, -0.1) is 11.3 Å². The zero-order valence-electron chi connectivity index (χ0n) is 11.3. The Bertz CT molecular complexity index is 802. The molecule has 0 bridgehead atoms. The molecular weight excluding hydrogens is 353 g/mol. The Morgan fingerprint density at radius 1 is 1.24 bits per heavy atom. The quantitative estimate of drug-likeness (QED) is 0.719. The predicted molar refractivity (Wildman–Crippen MR) is 88.5 cm³/mol. The Morgan fingerprint density at radius 2 is 2.00 bits per heavy atom. The van der Waals surface area contributed by atoms with Crippen LogP contribution in [-0.2, 0) is 0 Å². The molecule has 108 valence electrons. The van der Waals surface area contributed by atoms with Gasteiger partial charge >= 0.3 is 0 Å². The summed E-state index contributed by atoms with van der Waals surface area (Å²) in [6.07, 6.45) is 0. The molecule has 2 aromatic carbocycles. The highest BCUT2D eigenvalue weighted by atomic mass is 79.9. The molecule has 2 N–H and O–H groups in total. The summed E-state index contributed by atoms with van der Waals surface area (Å²) < 4.78 is 20.5.